The summed E-state index contributed by atoms with van der Waals surface area (Å²) in [6.45, 7) is 4.03. The first-order chi connectivity index (χ1) is 15.7. The Morgan fingerprint density at radius 3 is 2.41 bits per heavy atom. The highest BCUT2D eigenvalue weighted by Gasteiger charge is 2.13. The van der Waals surface area contributed by atoms with Gasteiger partial charge in [-0.2, -0.15) is 0 Å². The van der Waals surface area contributed by atoms with Crippen LogP contribution in [0.5, 0.6) is 0 Å². The summed E-state index contributed by atoms with van der Waals surface area (Å²) in [5, 5.41) is 3.36. The fourth-order valence-corrected chi connectivity index (χ4v) is 3.76. The molecule has 2 unspecified atom stereocenters. The van der Waals surface area contributed by atoms with E-state index in [1.54, 1.807) is 0 Å². The topological polar surface area (TPSA) is 73.9 Å². The third kappa shape index (κ3) is 16.0. The van der Waals surface area contributed by atoms with E-state index >= 15 is 0 Å². The number of methoxy groups -OCH3 is 1. The monoisotopic (exact) mass is 451 g/mol. The molecule has 1 N–H and O–H groups in total. The first-order valence-corrected chi connectivity index (χ1v) is 12.6. The number of ether oxygens (including phenoxy) is 3. The molecule has 0 aromatic heterocycles. The molecule has 32 heavy (non-hydrogen) atoms. The molecule has 1 rings (SSSR count). The van der Waals surface area contributed by atoms with Crippen molar-refractivity contribution < 1.29 is 23.8 Å². The van der Waals surface area contributed by atoms with Crippen LogP contribution in [0.3, 0.4) is 0 Å². The molecule has 0 aliphatic carbocycles. The summed E-state index contributed by atoms with van der Waals surface area (Å²) >= 11 is 0. The standard InChI is InChI=1S/C26H45NO5/c1-3-4-5-13-16-23(32-26(29)20-19-25(28)30-2)17-14-11-9-7-6-8-10-12-15-18-24-27-21-22-31-24/h11,14,19-20,23-24,27H,3-10,12-13,15-18,21-22H2,1-2H3/b14-11+,20-19-. The van der Waals surface area contributed by atoms with Gasteiger partial charge in [-0.05, 0) is 38.5 Å². The van der Waals surface area contributed by atoms with Crippen LogP contribution >= 0.6 is 0 Å². The van der Waals surface area contributed by atoms with Crippen molar-refractivity contribution in [2.45, 2.75) is 109 Å². The number of allylic oxidation sites excluding steroid dienone is 1. The Kier molecular flexibility index (Phi) is 17.7. The van der Waals surface area contributed by atoms with Crippen LogP contribution in [0.4, 0.5) is 0 Å². The van der Waals surface area contributed by atoms with Crippen molar-refractivity contribution in [1.82, 2.24) is 5.32 Å². The first kappa shape index (κ1) is 28.4. The molecule has 1 saturated heterocycles. The number of esters is 2. The van der Waals surface area contributed by atoms with Gasteiger partial charge in [-0.25, -0.2) is 9.59 Å². The number of unbranched alkanes of at least 4 members (excludes halogenated alkanes) is 9. The van der Waals surface area contributed by atoms with Crippen LogP contribution in [0.15, 0.2) is 24.3 Å². The van der Waals surface area contributed by atoms with Crippen LogP contribution in [-0.2, 0) is 23.8 Å². The van der Waals surface area contributed by atoms with Gasteiger partial charge >= 0.3 is 11.9 Å². The predicted octanol–water partition coefficient (Wildman–Crippen LogP) is 5.61. The summed E-state index contributed by atoms with van der Waals surface area (Å²) < 4.78 is 15.6. The molecule has 0 aromatic rings. The molecule has 184 valence electrons. The number of nitrogens with one attached hydrogen (secondary N) is 1. The van der Waals surface area contributed by atoms with Crippen molar-refractivity contribution in [1.29, 1.82) is 0 Å². The zero-order chi connectivity index (χ0) is 23.3. The Labute approximate surface area is 195 Å². The molecular weight excluding hydrogens is 406 g/mol. The normalized spacial score (nSPS) is 17.2. The second-order valence-corrected chi connectivity index (χ2v) is 8.48. The highest BCUT2D eigenvalue weighted by molar-refractivity contribution is 5.91. The van der Waals surface area contributed by atoms with E-state index in [0.717, 1.165) is 63.8 Å². The van der Waals surface area contributed by atoms with E-state index in [1.807, 2.05) is 0 Å². The van der Waals surface area contributed by atoms with Gasteiger partial charge in [-0.3, -0.25) is 5.32 Å². The van der Waals surface area contributed by atoms with Crippen molar-refractivity contribution in [3.05, 3.63) is 24.3 Å². The number of rotatable bonds is 19. The van der Waals surface area contributed by atoms with Crippen LogP contribution < -0.4 is 5.32 Å². The highest BCUT2D eigenvalue weighted by Crippen LogP contribution is 2.14. The minimum absolute atomic E-state index is 0.142. The van der Waals surface area contributed by atoms with Gasteiger partial charge in [0, 0.05) is 25.1 Å². The molecule has 2 atom stereocenters. The lowest BCUT2D eigenvalue weighted by molar-refractivity contribution is -0.144. The van der Waals surface area contributed by atoms with E-state index in [9.17, 15) is 9.59 Å². The minimum atomic E-state index is -0.554. The van der Waals surface area contributed by atoms with Crippen molar-refractivity contribution in [2.24, 2.45) is 0 Å². The predicted molar refractivity (Wildman–Crippen MR) is 128 cm³/mol. The quantitative estimate of drug-likeness (QED) is 0.119. The van der Waals surface area contributed by atoms with Crippen molar-refractivity contribution in [2.75, 3.05) is 20.3 Å². The molecule has 0 aromatic carbocycles. The van der Waals surface area contributed by atoms with Crippen LogP contribution in [0.25, 0.3) is 0 Å². The zero-order valence-electron chi connectivity index (χ0n) is 20.3. The van der Waals surface area contributed by atoms with Gasteiger partial charge in [-0.1, -0.05) is 64.0 Å². The Bertz CT molecular complexity index is 540. The smallest absolute Gasteiger partial charge is 0.331 e. The lowest BCUT2D eigenvalue weighted by Gasteiger charge is -2.15. The molecule has 0 bridgehead atoms. The van der Waals surface area contributed by atoms with Gasteiger partial charge in [0.05, 0.1) is 13.7 Å². The van der Waals surface area contributed by atoms with E-state index in [1.165, 1.54) is 58.5 Å². The van der Waals surface area contributed by atoms with Crippen molar-refractivity contribution >= 4 is 11.9 Å². The molecule has 1 fully saturated rings. The summed E-state index contributed by atoms with van der Waals surface area (Å²) in [5.41, 5.74) is 0. The lowest BCUT2D eigenvalue weighted by atomic mass is 10.1. The summed E-state index contributed by atoms with van der Waals surface area (Å²) in [6.07, 6.45) is 22.7. The number of hydrogen-bond donors (Lipinski definition) is 1. The second-order valence-electron chi connectivity index (χ2n) is 8.48. The van der Waals surface area contributed by atoms with Crippen molar-refractivity contribution in [3.63, 3.8) is 0 Å². The molecule has 1 aliphatic heterocycles. The van der Waals surface area contributed by atoms with E-state index in [-0.39, 0.29) is 6.10 Å². The SMILES string of the molecule is CCCCCCC(C/C=C/CCCCCCCCC1NCCO1)OC(=O)/C=C\C(=O)OC. The van der Waals surface area contributed by atoms with Crippen LogP contribution in [0, 0.1) is 0 Å². The van der Waals surface area contributed by atoms with Crippen LogP contribution in [0.2, 0.25) is 0 Å². The van der Waals surface area contributed by atoms with Gasteiger partial charge in [0.2, 0.25) is 0 Å². The molecule has 6 nitrogen and oxygen atoms in total. The van der Waals surface area contributed by atoms with E-state index < -0.39 is 11.9 Å². The van der Waals surface area contributed by atoms with E-state index in [2.05, 4.69) is 29.1 Å². The van der Waals surface area contributed by atoms with Gasteiger partial charge in [0.15, 0.2) is 0 Å². The summed E-state index contributed by atoms with van der Waals surface area (Å²) in [4.78, 5) is 23.1. The number of hydrogen-bond acceptors (Lipinski definition) is 6. The average Bonchev–Trinajstić information content (AvgIpc) is 3.32. The largest absolute Gasteiger partial charge is 0.466 e. The molecule has 0 saturated carbocycles. The molecule has 0 spiro atoms. The summed E-state index contributed by atoms with van der Waals surface area (Å²) in [7, 11) is 1.28. The summed E-state index contributed by atoms with van der Waals surface area (Å²) in [5.74, 6) is -1.04. The molecule has 1 heterocycles. The van der Waals surface area contributed by atoms with E-state index in [4.69, 9.17) is 9.47 Å². The average molecular weight is 452 g/mol. The lowest BCUT2D eigenvalue weighted by Crippen LogP contribution is -2.21. The van der Waals surface area contributed by atoms with Gasteiger partial charge in [0.1, 0.15) is 12.3 Å². The van der Waals surface area contributed by atoms with Crippen LogP contribution in [-0.4, -0.2) is 44.5 Å². The maximum atomic E-state index is 12.0. The minimum Gasteiger partial charge on any atom is -0.466 e. The Morgan fingerprint density at radius 1 is 0.969 bits per heavy atom. The fourth-order valence-electron chi connectivity index (χ4n) is 3.76. The summed E-state index contributed by atoms with van der Waals surface area (Å²) in [6, 6.07) is 0. The van der Waals surface area contributed by atoms with Gasteiger partial charge in [-0.15, -0.1) is 0 Å². The third-order valence-corrected chi connectivity index (χ3v) is 5.67. The molecule has 1 aliphatic rings. The Hall–Kier alpha value is -1.66. The molecule has 0 radical (unpaired) electrons. The molecule has 0 amide bonds. The van der Waals surface area contributed by atoms with Crippen LogP contribution in [0.1, 0.15) is 96.8 Å². The Balaban J connectivity index is 2.14. The first-order valence-electron chi connectivity index (χ1n) is 12.6. The van der Waals surface area contributed by atoms with Gasteiger partial charge < -0.3 is 14.2 Å². The Morgan fingerprint density at radius 2 is 1.69 bits per heavy atom. The number of carbonyl (C=O) groups is 2. The van der Waals surface area contributed by atoms with E-state index in [0.29, 0.717) is 6.23 Å². The fraction of sp³-hybridized carbons (Fsp3) is 0.769. The maximum Gasteiger partial charge on any atom is 0.331 e. The molecule has 6 heteroatoms. The maximum absolute atomic E-state index is 12.0. The molecular formula is C26H45NO5. The third-order valence-electron chi connectivity index (χ3n) is 5.67. The zero-order valence-corrected chi connectivity index (χ0v) is 20.3. The van der Waals surface area contributed by atoms with Crippen molar-refractivity contribution in [3.8, 4) is 0 Å². The highest BCUT2D eigenvalue weighted by atomic mass is 16.5. The number of carbonyl (C=O) groups excluding carboxylic acids is 2. The second kappa shape index (κ2) is 20.0. The van der Waals surface area contributed by atoms with Gasteiger partial charge in [0.25, 0.3) is 0 Å².